The van der Waals surface area contributed by atoms with E-state index in [0.717, 1.165) is 17.0 Å². The van der Waals surface area contributed by atoms with Crippen molar-refractivity contribution in [2.75, 3.05) is 26.2 Å². The number of imidazole rings is 1. The van der Waals surface area contributed by atoms with Gasteiger partial charge >= 0.3 is 6.09 Å². The predicted octanol–water partition coefficient (Wildman–Crippen LogP) is 0.731. The molecule has 0 spiro atoms. The fraction of sp³-hybridized carbons (Fsp3) is 0.375. The van der Waals surface area contributed by atoms with Gasteiger partial charge in [-0.25, -0.2) is 9.78 Å². The van der Waals surface area contributed by atoms with Gasteiger partial charge < -0.3 is 14.6 Å². The van der Waals surface area contributed by atoms with Gasteiger partial charge in [-0.15, -0.1) is 0 Å². The Morgan fingerprint density at radius 1 is 1.42 bits per heavy atom. The minimum atomic E-state index is -0.432. The molecular formula is C16H17N5O3. The van der Waals surface area contributed by atoms with Crippen molar-refractivity contribution in [3.63, 3.8) is 0 Å². The van der Waals surface area contributed by atoms with Crippen molar-refractivity contribution < 1.29 is 14.3 Å². The fourth-order valence-corrected chi connectivity index (χ4v) is 3.24. The molecule has 8 heteroatoms. The summed E-state index contributed by atoms with van der Waals surface area (Å²) in [6.07, 6.45) is 5.38. The summed E-state index contributed by atoms with van der Waals surface area (Å²) in [5, 5.41) is 0. The van der Waals surface area contributed by atoms with Gasteiger partial charge in [0, 0.05) is 31.1 Å². The number of aromatic amines is 1. The number of carbonyl (C=O) groups excluding carboxylic acids is 2. The van der Waals surface area contributed by atoms with Crippen LogP contribution in [0.3, 0.4) is 0 Å². The highest BCUT2D eigenvalue weighted by molar-refractivity contribution is 5.83. The molecule has 0 bridgehead atoms. The van der Waals surface area contributed by atoms with Crippen LogP contribution in [-0.4, -0.2) is 63.0 Å². The fourth-order valence-electron chi connectivity index (χ4n) is 3.24. The highest BCUT2D eigenvalue weighted by Crippen LogP contribution is 2.33. The molecule has 1 fully saturated rings. The summed E-state index contributed by atoms with van der Waals surface area (Å²) in [4.78, 5) is 39.4. The van der Waals surface area contributed by atoms with Crippen LogP contribution in [0.1, 0.15) is 23.0 Å². The number of aromatic nitrogens is 3. The van der Waals surface area contributed by atoms with Gasteiger partial charge in [0.2, 0.25) is 5.91 Å². The van der Waals surface area contributed by atoms with Crippen LogP contribution in [0.4, 0.5) is 4.79 Å². The van der Waals surface area contributed by atoms with Crippen LogP contribution in [-0.2, 0) is 16.0 Å². The number of fused-ring (bicyclic) bond motifs is 1. The van der Waals surface area contributed by atoms with E-state index in [2.05, 4.69) is 15.0 Å². The highest BCUT2D eigenvalue weighted by Gasteiger charge is 2.36. The molecule has 2 aromatic rings. The number of nitrogens with zero attached hydrogens (tertiary/aromatic N) is 4. The highest BCUT2D eigenvalue weighted by atomic mass is 16.6. The van der Waals surface area contributed by atoms with Crippen LogP contribution >= 0.6 is 0 Å². The lowest BCUT2D eigenvalue weighted by molar-refractivity contribution is -0.133. The minimum Gasteiger partial charge on any atom is -0.448 e. The summed E-state index contributed by atoms with van der Waals surface area (Å²) in [7, 11) is 0. The number of ether oxygens (including phenoxy) is 1. The molecular weight excluding hydrogens is 310 g/mol. The van der Waals surface area contributed by atoms with Crippen molar-refractivity contribution in [3.8, 4) is 0 Å². The first-order valence-corrected chi connectivity index (χ1v) is 7.87. The zero-order chi connectivity index (χ0) is 16.5. The third-order valence-corrected chi connectivity index (χ3v) is 4.42. The first kappa shape index (κ1) is 14.7. The Kier molecular flexibility index (Phi) is 3.64. The third-order valence-electron chi connectivity index (χ3n) is 4.42. The Labute approximate surface area is 138 Å². The SMILES string of the molecule is O=C1OCCN1CC(=O)N1CCc2[nH]cnc2C1c1cccnc1. The molecule has 2 aliphatic heterocycles. The molecule has 1 unspecified atom stereocenters. The number of H-pyrrole nitrogens is 1. The molecule has 1 atom stereocenters. The van der Waals surface area contributed by atoms with Crippen molar-refractivity contribution in [1.29, 1.82) is 0 Å². The molecule has 4 heterocycles. The summed E-state index contributed by atoms with van der Waals surface area (Å²) in [6.45, 7) is 1.37. The van der Waals surface area contributed by atoms with Crippen LogP contribution in [0, 0.1) is 0 Å². The zero-order valence-electron chi connectivity index (χ0n) is 13.0. The average Bonchev–Trinajstić information content (AvgIpc) is 3.24. The summed E-state index contributed by atoms with van der Waals surface area (Å²) in [6, 6.07) is 3.49. The number of pyridine rings is 1. The van der Waals surface area contributed by atoms with E-state index in [9.17, 15) is 9.59 Å². The minimum absolute atomic E-state index is 0.0232. The van der Waals surface area contributed by atoms with E-state index >= 15 is 0 Å². The number of hydrogen-bond acceptors (Lipinski definition) is 5. The summed E-state index contributed by atoms with van der Waals surface area (Å²) in [5.74, 6) is -0.114. The molecule has 0 aliphatic carbocycles. The van der Waals surface area contributed by atoms with Crippen LogP contribution < -0.4 is 0 Å². The first-order chi connectivity index (χ1) is 11.7. The van der Waals surface area contributed by atoms with E-state index in [1.165, 1.54) is 4.90 Å². The molecule has 0 saturated carbocycles. The molecule has 0 radical (unpaired) electrons. The summed E-state index contributed by atoms with van der Waals surface area (Å²) < 4.78 is 4.90. The second-order valence-electron chi connectivity index (χ2n) is 5.83. The molecule has 0 aromatic carbocycles. The Hall–Kier alpha value is -2.90. The van der Waals surface area contributed by atoms with Crippen molar-refractivity contribution in [2.24, 2.45) is 0 Å². The molecule has 4 rings (SSSR count). The molecule has 8 nitrogen and oxygen atoms in total. The van der Waals surface area contributed by atoms with E-state index in [1.807, 2.05) is 12.1 Å². The second-order valence-corrected chi connectivity index (χ2v) is 5.83. The maximum atomic E-state index is 12.8. The number of hydrogen-bond donors (Lipinski definition) is 1. The monoisotopic (exact) mass is 327 g/mol. The van der Waals surface area contributed by atoms with Gasteiger partial charge in [-0.2, -0.15) is 0 Å². The molecule has 1 saturated heterocycles. The number of rotatable bonds is 3. The predicted molar refractivity (Wildman–Crippen MR) is 83.0 cm³/mol. The van der Waals surface area contributed by atoms with Crippen LogP contribution in [0.15, 0.2) is 30.9 Å². The summed E-state index contributed by atoms with van der Waals surface area (Å²) in [5.41, 5.74) is 2.78. The van der Waals surface area contributed by atoms with Crippen molar-refractivity contribution in [3.05, 3.63) is 47.8 Å². The number of carbonyl (C=O) groups is 2. The quantitative estimate of drug-likeness (QED) is 0.897. The van der Waals surface area contributed by atoms with Crippen molar-refractivity contribution >= 4 is 12.0 Å². The Bertz CT molecular complexity index is 760. The lowest BCUT2D eigenvalue weighted by Crippen LogP contribution is -2.46. The van der Waals surface area contributed by atoms with Gasteiger partial charge in [0.25, 0.3) is 0 Å². The lowest BCUT2D eigenvalue weighted by Gasteiger charge is -2.35. The molecule has 124 valence electrons. The number of cyclic esters (lactones) is 1. The van der Waals surface area contributed by atoms with Gasteiger partial charge in [-0.1, -0.05) is 6.07 Å². The standard InChI is InChI=1S/C16H17N5O3/c22-13(9-20-6-7-24-16(20)23)21-5-3-12-14(19-10-18-12)15(21)11-2-1-4-17-8-11/h1-2,4,8,10,15H,3,5-7,9H2,(H,18,19). The number of nitrogens with one attached hydrogen (secondary N) is 1. The maximum Gasteiger partial charge on any atom is 0.410 e. The van der Waals surface area contributed by atoms with Gasteiger partial charge in [0.15, 0.2) is 0 Å². The molecule has 1 N–H and O–H groups in total. The summed E-state index contributed by atoms with van der Waals surface area (Å²) >= 11 is 0. The number of amides is 2. The van der Waals surface area contributed by atoms with E-state index in [4.69, 9.17) is 4.74 Å². The van der Waals surface area contributed by atoms with Crippen molar-refractivity contribution in [2.45, 2.75) is 12.5 Å². The maximum absolute atomic E-state index is 12.8. The largest absolute Gasteiger partial charge is 0.448 e. The van der Waals surface area contributed by atoms with E-state index in [0.29, 0.717) is 26.1 Å². The topological polar surface area (TPSA) is 91.4 Å². The van der Waals surface area contributed by atoms with E-state index < -0.39 is 6.09 Å². The normalized spacial score (nSPS) is 20.0. The first-order valence-electron chi connectivity index (χ1n) is 7.87. The second kappa shape index (κ2) is 5.95. The van der Waals surface area contributed by atoms with Gasteiger partial charge in [-0.3, -0.25) is 14.7 Å². The van der Waals surface area contributed by atoms with Crippen LogP contribution in [0.5, 0.6) is 0 Å². The molecule has 2 amide bonds. The smallest absolute Gasteiger partial charge is 0.410 e. The Morgan fingerprint density at radius 2 is 2.33 bits per heavy atom. The molecule has 2 aliphatic rings. The van der Waals surface area contributed by atoms with Gasteiger partial charge in [0.05, 0.1) is 18.6 Å². The van der Waals surface area contributed by atoms with Gasteiger partial charge in [-0.05, 0) is 11.6 Å². The Morgan fingerprint density at radius 3 is 3.08 bits per heavy atom. The van der Waals surface area contributed by atoms with E-state index in [1.54, 1.807) is 23.6 Å². The van der Waals surface area contributed by atoms with Crippen LogP contribution in [0.25, 0.3) is 0 Å². The average molecular weight is 327 g/mol. The van der Waals surface area contributed by atoms with Crippen molar-refractivity contribution in [1.82, 2.24) is 24.8 Å². The van der Waals surface area contributed by atoms with Crippen LogP contribution in [0.2, 0.25) is 0 Å². The lowest BCUT2D eigenvalue weighted by atomic mass is 9.96. The Balaban J connectivity index is 1.63. The molecule has 2 aromatic heterocycles. The molecule has 24 heavy (non-hydrogen) atoms. The van der Waals surface area contributed by atoms with Gasteiger partial charge in [0.1, 0.15) is 19.2 Å². The van der Waals surface area contributed by atoms with E-state index in [-0.39, 0.29) is 18.5 Å². The zero-order valence-corrected chi connectivity index (χ0v) is 13.0. The third kappa shape index (κ3) is 2.49.